The Balaban J connectivity index is 1.56. The third-order valence-corrected chi connectivity index (χ3v) is 8.48. The normalized spacial score (nSPS) is 14.8. The fourth-order valence-electron chi connectivity index (χ4n) is 4.91. The molecule has 0 amide bonds. The van der Waals surface area contributed by atoms with Crippen molar-refractivity contribution in [3.8, 4) is 5.75 Å². The van der Waals surface area contributed by atoms with E-state index in [-0.39, 0.29) is 12.2 Å². The van der Waals surface area contributed by atoms with E-state index in [0.717, 1.165) is 22.3 Å². The van der Waals surface area contributed by atoms with Crippen molar-refractivity contribution in [2.45, 2.75) is 32.4 Å². The highest BCUT2D eigenvalue weighted by atomic mass is 35.5. The second-order valence-corrected chi connectivity index (χ2v) is 11.4. The molecule has 0 unspecified atom stereocenters. The van der Waals surface area contributed by atoms with Crippen molar-refractivity contribution in [1.29, 1.82) is 0 Å². The molecule has 2 heterocycles. The van der Waals surface area contributed by atoms with Gasteiger partial charge in [-0.2, -0.15) is 0 Å². The summed E-state index contributed by atoms with van der Waals surface area (Å²) < 4.78 is 13.3. The molecule has 1 aromatic heterocycles. The van der Waals surface area contributed by atoms with E-state index in [1.165, 1.54) is 18.4 Å². The first-order valence-corrected chi connectivity index (χ1v) is 14.9. The van der Waals surface area contributed by atoms with Crippen molar-refractivity contribution < 1.29 is 14.3 Å². The van der Waals surface area contributed by atoms with Crippen molar-refractivity contribution in [3.63, 3.8) is 0 Å². The van der Waals surface area contributed by atoms with Gasteiger partial charge in [0.05, 0.1) is 29.0 Å². The Kier molecular flexibility index (Phi) is 9.12. The first kappa shape index (κ1) is 29.6. The molecule has 214 valence electrons. The average molecular weight is 620 g/mol. The minimum absolute atomic E-state index is 0.230. The van der Waals surface area contributed by atoms with E-state index in [1.54, 1.807) is 22.8 Å². The highest BCUT2D eigenvalue weighted by Gasteiger charge is 2.33. The molecule has 1 aliphatic rings. The van der Waals surface area contributed by atoms with Crippen molar-refractivity contribution >= 4 is 46.6 Å². The molecule has 4 aromatic rings. The molecule has 9 heteroatoms. The van der Waals surface area contributed by atoms with Gasteiger partial charge in [-0.25, -0.2) is 9.79 Å². The number of aromatic nitrogens is 1. The van der Waals surface area contributed by atoms with Gasteiger partial charge in [-0.1, -0.05) is 90.0 Å². The number of carbonyl (C=O) groups is 1. The fraction of sp³-hybridized carbons (Fsp3) is 0.182. The highest BCUT2D eigenvalue weighted by Crippen LogP contribution is 2.32. The number of benzene rings is 3. The lowest BCUT2D eigenvalue weighted by molar-refractivity contribution is -0.136. The van der Waals surface area contributed by atoms with Crippen LogP contribution in [0.25, 0.3) is 6.08 Å². The number of thiazole rings is 1. The first-order chi connectivity index (χ1) is 20.3. The topological polar surface area (TPSA) is 69.9 Å². The maximum Gasteiger partial charge on any atom is 0.338 e. The Morgan fingerprint density at radius 3 is 2.57 bits per heavy atom. The third-order valence-electron chi connectivity index (χ3n) is 6.91. The zero-order valence-corrected chi connectivity index (χ0v) is 25.4. The smallest absolute Gasteiger partial charge is 0.338 e. The van der Waals surface area contributed by atoms with Crippen LogP contribution in [-0.4, -0.2) is 17.6 Å². The summed E-state index contributed by atoms with van der Waals surface area (Å²) in [7, 11) is 1.34. The lowest BCUT2D eigenvalue weighted by atomic mass is 9.95. The molecule has 0 bridgehead atoms. The number of methoxy groups -OCH3 is 1. The van der Waals surface area contributed by atoms with Gasteiger partial charge in [0.25, 0.3) is 5.56 Å². The van der Waals surface area contributed by atoms with Crippen molar-refractivity contribution in [3.05, 3.63) is 143 Å². The van der Waals surface area contributed by atoms with Gasteiger partial charge in [0.2, 0.25) is 0 Å². The molecule has 0 saturated carbocycles. The summed E-state index contributed by atoms with van der Waals surface area (Å²) in [4.78, 5) is 32.1. The van der Waals surface area contributed by atoms with Crippen LogP contribution in [0.5, 0.6) is 5.75 Å². The fourth-order valence-corrected chi connectivity index (χ4v) is 6.39. The molecule has 0 aliphatic carbocycles. The summed E-state index contributed by atoms with van der Waals surface area (Å²) in [6, 6.07) is 19.9. The molecule has 1 aliphatic heterocycles. The summed E-state index contributed by atoms with van der Waals surface area (Å²) in [5, 5.41) is 1.10. The molecular formula is C33H28Cl2N2O4S. The molecule has 0 N–H and O–H groups in total. The zero-order valence-electron chi connectivity index (χ0n) is 23.1. The lowest BCUT2D eigenvalue weighted by Gasteiger charge is -2.25. The molecule has 0 saturated heterocycles. The number of hydrogen-bond acceptors (Lipinski definition) is 6. The quantitative estimate of drug-likeness (QED) is 0.160. The van der Waals surface area contributed by atoms with Crippen LogP contribution in [0.1, 0.15) is 41.6 Å². The first-order valence-electron chi connectivity index (χ1n) is 13.3. The minimum Gasteiger partial charge on any atom is -0.489 e. The largest absolute Gasteiger partial charge is 0.489 e. The molecule has 6 nitrogen and oxygen atoms in total. The van der Waals surface area contributed by atoms with Gasteiger partial charge in [-0.3, -0.25) is 9.36 Å². The number of halogens is 2. The van der Waals surface area contributed by atoms with Crippen LogP contribution in [0, 0.1) is 0 Å². The number of hydrogen-bond donors (Lipinski definition) is 0. The van der Waals surface area contributed by atoms with E-state index in [0.29, 0.717) is 49.2 Å². The van der Waals surface area contributed by atoms with E-state index in [2.05, 4.69) is 6.58 Å². The van der Waals surface area contributed by atoms with Crippen LogP contribution in [0.3, 0.4) is 0 Å². The maximum atomic E-state index is 13.9. The molecule has 3 aromatic carbocycles. The summed E-state index contributed by atoms with van der Waals surface area (Å²) >= 11 is 13.6. The highest BCUT2D eigenvalue weighted by molar-refractivity contribution is 7.07. The number of carbonyl (C=O) groups excluding carboxylic acids is 1. The molecular weight excluding hydrogens is 591 g/mol. The number of ether oxygens (including phenoxy) is 2. The van der Waals surface area contributed by atoms with E-state index >= 15 is 0 Å². The molecule has 0 spiro atoms. The third kappa shape index (κ3) is 6.00. The van der Waals surface area contributed by atoms with E-state index in [4.69, 9.17) is 37.7 Å². The maximum absolute atomic E-state index is 13.9. The van der Waals surface area contributed by atoms with Gasteiger partial charge >= 0.3 is 5.97 Å². The minimum atomic E-state index is -0.640. The number of allylic oxidation sites excluding steroid dienone is 2. The van der Waals surface area contributed by atoms with Crippen molar-refractivity contribution in [2.75, 3.05) is 7.11 Å². The lowest BCUT2D eigenvalue weighted by Crippen LogP contribution is -2.40. The Morgan fingerprint density at radius 2 is 1.88 bits per heavy atom. The molecule has 42 heavy (non-hydrogen) atoms. The van der Waals surface area contributed by atoms with Crippen LogP contribution in [0.2, 0.25) is 10.0 Å². The molecule has 1 atom stereocenters. The Morgan fingerprint density at radius 1 is 1.10 bits per heavy atom. The molecule has 5 rings (SSSR count). The SMILES string of the molecule is C=CCc1cc(/C=c2\sc3n(c2=O)[C@@H](c2ccccc2)C(C(=O)OC)=C(CC)N=3)ccc1OCc1ccc(Cl)cc1Cl. The summed E-state index contributed by atoms with van der Waals surface area (Å²) in [6.07, 6.45) is 4.73. The van der Waals surface area contributed by atoms with Gasteiger partial charge in [-0.05, 0) is 59.9 Å². The number of esters is 1. The zero-order chi connectivity index (χ0) is 29.8. The second-order valence-electron chi connectivity index (χ2n) is 9.58. The van der Waals surface area contributed by atoms with Gasteiger partial charge < -0.3 is 9.47 Å². The molecule has 0 radical (unpaired) electrons. The Bertz CT molecular complexity index is 1880. The number of rotatable bonds is 9. The summed E-state index contributed by atoms with van der Waals surface area (Å²) in [6.45, 7) is 6.10. The summed E-state index contributed by atoms with van der Waals surface area (Å²) in [5.74, 6) is 0.196. The number of nitrogens with zero attached hydrogens (tertiary/aromatic N) is 2. The Hall–Kier alpha value is -3.91. The van der Waals surface area contributed by atoms with Crippen LogP contribution in [0.15, 0.2) is 100 Å². The predicted molar refractivity (Wildman–Crippen MR) is 168 cm³/mol. The van der Waals surface area contributed by atoms with Crippen molar-refractivity contribution in [2.24, 2.45) is 4.99 Å². The van der Waals surface area contributed by atoms with E-state index in [1.807, 2.05) is 67.6 Å². The van der Waals surface area contributed by atoms with Crippen LogP contribution >= 0.6 is 34.5 Å². The Labute approximate surface area is 257 Å². The van der Waals surface area contributed by atoms with E-state index in [9.17, 15) is 9.59 Å². The monoisotopic (exact) mass is 618 g/mol. The summed E-state index contributed by atoms with van der Waals surface area (Å²) in [5.41, 5.74) is 4.13. The van der Waals surface area contributed by atoms with Gasteiger partial charge in [0.15, 0.2) is 4.80 Å². The number of fused-ring (bicyclic) bond motifs is 1. The van der Waals surface area contributed by atoms with Crippen LogP contribution in [-0.2, 0) is 22.6 Å². The van der Waals surface area contributed by atoms with Crippen LogP contribution < -0.4 is 19.6 Å². The van der Waals surface area contributed by atoms with Gasteiger partial charge in [0, 0.05) is 15.6 Å². The standard InChI is InChI=1S/C33H28Cl2N2O4S/c1-4-9-22-16-20(12-15-27(22)41-19-23-13-14-24(34)18-25(23)35)17-28-31(38)37-30(21-10-7-6-8-11-21)29(32(39)40-3)26(5-2)36-33(37)42-28/h4,6-8,10-18,30H,1,5,9,19H2,2-3H3/b28-17-/t30-/m0/s1. The average Bonchev–Trinajstić information content (AvgIpc) is 3.30. The van der Waals surface area contributed by atoms with Crippen LogP contribution in [0.4, 0.5) is 0 Å². The van der Waals surface area contributed by atoms with Gasteiger partial charge in [-0.15, -0.1) is 6.58 Å². The van der Waals surface area contributed by atoms with Gasteiger partial charge in [0.1, 0.15) is 12.4 Å². The van der Waals surface area contributed by atoms with Crippen molar-refractivity contribution in [1.82, 2.24) is 4.57 Å². The van der Waals surface area contributed by atoms with E-state index < -0.39 is 12.0 Å². The second kappa shape index (κ2) is 12.9. The molecule has 0 fully saturated rings. The predicted octanol–water partition coefficient (Wildman–Crippen LogP) is 6.41.